The number of carbonyl (C=O) groups is 2. The Balaban J connectivity index is 1.70. The van der Waals surface area contributed by atoms with Crippen LogP contribution in [0.25, 0.3) is 6.08 Å². The zero-order chi connectivity index (χ0) is 27.3. The molecule has 0 bridgehead atoms. The zero-order valence-electron chi connectivity index (χ0n) is 20.2. The summed E-state index contributed by atoms with van der Waals surface area (Å²) in [5.74, 6) is -1.79. The largest absolute Gasteiger partial charge is 0.504 e. The monoisotopic (exact) mass is 522 g/mol. The molecule has 1 fully saturated rings. The third-order valence-corrected chi connectivity index (χ3v) is 6.05. The Bertz CT molecular complexity index is 1090. The molecule has 6 atom stereocenters. The Kier molecular flexibility index (Phi) is 9.43. The predicted octanol–water partition coefficient (Wildman–Crippen LogP) is -0.126. The van der Waals surface area contributed by atoms with E-state index in [0.717, 1.165) is 6.08 Å². The number of phenols is 1. The summed E-state index contributed by atoms with van der Waals surface area (Å²) in [5, 5.41) is 58.5. The molecule has 202 valence electrons. The van der Waals surface area contributed by atoms with Gasteiger partial charge in [-0.15, -0.1) is 0 Å². The summed E-state index contributed by atoms with van der Waals surface area (Å²) in [5.41, 5.74) is 1.18. The molecule has 3 rings (SSSR count). The summed E-state index contributed by atoms with van der Waals surface area (Å²) >= 11 is 0. The van der Waals surface area contributed by atoms with Crippen LogP contribution in [0.5, 0.6) is 11.5 Å². The summed E-state index contributed by atoms with van der Waals surface area (Å²) in [4.78, 5) is 24.3. The van der Waals surface area contributed by atoms with Crippen LogP contribution in [0, 0.1) is 0 Å². The maximum absolute atomic E-state index is 12.5. The second kappa shape index (κ2) is 12.3. The van der Waals surface area contributed by atoms with E-state index in [0.29, 0.717) is 11.1 Å². The molecule has 1 aliphatic heterocycles. The molecule has 12 nitrogen and oxygen atoms in total. The van der Waals surface area contributed by atoms with Crippen molar-refractivity contribution in [1.29, 1.82) is 0 Å². The number of benzene rings is 1. The Hall–Kier alpha value is -3.26. The zero-order valence-corrected chi connectivity index (χ0v) is 20.2. The number of esters is 1. The molecule has 1 aromatic carbocycles. The first kappa shape index (κ1) is 28.3. The summed E-state index contributed by atoms with van der Waals surface area (Å²) < 4.78 is 21.2. The highest BCUT2D eigenvalue weighted by Crippen LogP contribution is 2.34. The molecular weight excluding hydrogens is 492 g/mol. The van der Waals surface area contributed by atoms with Crippen molar-refractivity contribution < 1.29 is 59.2 Å². The minimum Gasteiger partial charge on any atom is -0.504 e. The van der Waals surface area contributed by atoms with Crippen molar-refractivity contribution in [3.63, 3.8) is 0 Å². The number of aromatic hydroxyl groups is 1. The van der Waals surface area contributed by atoms with Gasteiger partial charge in [0.15, 0.2) is 17.8 Å². The van der Waals surface area contributed by atoms with Crippen molar-refractivity contribution in [1.82, 2.24) is 0 Å². The number of hydrogen-bond donors (Lipinski definition) is 6. The van der Waals surface area contributed by atoms with E-state index >= 15 is 0 Å². The molecule has 1 aliphatic carbocycles. The Morgan fingerprint density at radius 2 is 1.89 bits per heavy atom. The first-order valence-corrected chi connectivity index (χ1v) is 11.4. The normalized spacial score (nSPS) is 29.2. The van der Waals surface area contributed by atoms with Gasteiger partial charge in [-0.3, -0.25) is 0 Å². The minimum atomic E-state index is -1.62. The molecule has 0 radical (unpaired) electrons. The molecule has 6 N–H and O–H groups in total. The third kappa shape index (κ3) is 6.55. The van der Waals surface area contributed by atoms with Crippen LogP contribution >= 0.6 is 0 Å². The summed E-state index contributed by atoms with van der Waals surface area (Å²) in [7, 11) is 1.39. The smallest absolute Gasteiger partial charge is 0.336 e. The van der Waals surface area contributed by atoms with E-state index in [9.17, 15) is 40.2 Å². The standard InChI is InChI=1S/C25H30O12/c1-12-9-16(36-19(28)6-4-13-3-5-15(27)17(10-13)34-2)14(20(12)24(32)33)7-8-35-25-23(31)22(30)21(29)18(11-26)37-25/h3-7,10,16,18,21-23,25-27,29-31H,8-9,11H2,1-2H3,(H,32,33). The van der Waals surface area contributed by atoms with Gasteiger partial charge in [0.05, 0.1) is 25.9 Å². The second-order valence-corrected chi connectivity index (χ2v) is 8.54. The van der Waals surface area contributed by atoms with Gasteiger partial charge in [-0.1, -0.05) is 17.7 Å². The highest BCUT2D eigenvalue weighted by molar-refractivity contribution is 5.95. The fraction of sp³-hybridized carbons (Fsp3) is 0.440. The van der Waals surface area contributed by atoms with Crippen molar-refractivity contribution in [2.24, 2.45) is 0 Å². The van der Waals surface area contributed by atoms with Crippen LogP contribution in [-0.2, 0) is 23.8 Å². The lowest BCUT2D eigenvalue weighted by molar-refractivity contribution is -0.298. The first-order chi connectivity index (χ1) is 17.6. The number of aliphatic hydroxyl groups is 4. The molecular formula is C25H30O12. The number of carboxylic acid groups (broad SMARTS) is 1. The van der Waals surface area contributed by atoms with Crippen molar-refractivity contribution in [3.8, 4) is 11.5 Å². The van der Waals surface area contributed by atoms with Crippen LogP contribution in [0.1, 0.15) is 18.9 Å². The number of aliphatic hydroxyl groups excluding tert-OH is 4. The van der Waals surface area contributed by atoms with Gasteiger partial charge >= 0.3 is 11.9 Å². The number of hydrogen-bond acceptors (Lipinski definition) is 11. The van der Waals surface area contributed by atoms with Crippen LogP contribution in [0.15, 0.2) is 47.1 Å². The van der Waals surface area contributed by atoms with E-state index in [2.05, 4.69) is 0 Å². The molecule has 37 heavy (non-hydrogen) atoms. The van der Waals surface area contributed by atoms with Gasteiger partial charge in [0.2, 0.25) is 0 Å². The van der Waals surface area contributed by atoms with Gasteiger partial charge in [0.1, 0.15) is 30.5 Å². The van der Waals surface area contributed by atoms with Crippen LogP contribution in [0.4, 0.5) is 0 Å². The lowest BCUT2D eigenvalue weighted by Gasteiger charge is -2.39. The number of carboxylic acids is 1. The van der Waals surface area contributed by atoms with Crippen LogP contribution in [-0.4, -0.2) is 99.7 Å². The van der Waals surface area contributed by atoms with Gasteiger partial charge in [-0.2, -0.15) is 0 Å². The molecule has 6 unspecified atom stereocenters. The average molecular weight is 523 g/mol. The summed E-state index contributed by atoms with van der Waals surface area (Å²) in [6.45, 7) is 0.681. The number of phenolic OH excluding ortho intramolecular Hbond substituents is 1. The number of carbonyl (C=O) groups excluding carboxylic acids is 1. The Morgan fingerprint density at radius 1 is 1.16 bits per heavy atom. The molecule has 1 aromatic rings. The number of methoxy groups -OCH3 is 1. The topological polar surface area (TPSA) is 192 Å². The van der Waals surface area contributed by atoms with Gasteiger partial charge in [0, 0.05) is 18.1 Å². The molecule has 0 saturated carbocycles. The fourth-order valence-corrected chi connectivity index (χ4v) is 4.12. The van der Waals surface area contributed by atoms with E-state index in [4.69, 9.17) is 18.9 Å². The van der Waals surface area contributed by atoms with Crippen molar-refractivity contribution in [3.05, 3.63) is 52.6 Å². The van der Waals surface area contributed by atoms with Gasteiger partial charge in [-0.05, 0) is 30.7 Å². The average Bonchev–Trinajstić information content (AvgIpc) is 3.17. The summed E-state index contributed by atoms with van der Waals surface area (Å²) in [6.07, 6.45) is -4.16. The van der Waals surface area contributed by atoms with Crippen molar-refractivity contribution >= 4 is 18.0 Å². The molecule has 0 aromatic heterocycles. The fourth-order valence-electron chi connectivity index (χ4n) is 4.12. The Morgan fingerprint density at radius 3 is 2.54 bits per heavy atom. The number of aliphatic carboxylic acids is 1. The first-order valence-electron chi connectivity index (χ1n) is 11.4. The van der Waals surface area contributed by atoms with Crippen LogP contribution in [0.3, 0.4) is 0 Å². The van der Waals surface area contributed by atoms with E-state index in [1.807, 2.05) is 0 Å². The SMILES string of the molecule is COc1cc(C=CC(=O)OC2CC(C)=C(C(=O)O)C2=CCOC2OC(CO)C(O)C(O)C2O)ccc1O. The Labute approximate surface area is 212 Å². The quantitative estimate of drug-likeness (QED) is 0.186. The second-order valence-electron chi connectivity index (χ2n) is 8.54. The van der Waals surface area contributed by atoms with Crippen LogP contribution < -0.4 is 4.74 Å². The minimum absolute atomic E-state index is 0.0394. The van der Waals surface area contributed by atoms with Gasteiger partial charge in [-0.25, -0.2) is 9.59 Å². The lowest BCUT2D eigenvalue weighted by atomic mass is 9.99. The van der Waals surface area contributed by atoms with Gasteiger partial charge < -0.3 is 49.6 Å². The molecule has 12 heteroatoms. The molecule has 2 aliphatic rings. The molecule has 0 amide bonds. The van der Waals surface area contributed by atoms with Gasteiger partial charge in [0.25, 0.3) is 0 Å². The molecule has 0 spiro atoms. The van der Waals surface area contributed by atoms with E-state index in [1.165, 1.54) is 31.4 Å². The van der Waals surface area contributed by atoms with Crippen molar-refractivity contribution in [2.45, 2.75) is 50.2 Å². The summed E-state index contributed by atoms with van der Waals surface area (Å²) in [6, 6.07) is 4.49. The maximum atomic E-state index is 12.5. The van der Waals surface area contributed by atoms with Crippen molar-refractivity contribution in [2.75, 3.05) is 20.3 Å². The van der Waals surface area contributed by atoms with Crippen LogP contribution in [0.2, 0.25) is 0 Å². The highest BCUT2D eigenvalue weighted by atomic mass is 16.7. The predicted molar refractivity (Wildman–Crippen MR) is 126 cm³/mol. The van der Waals surface area contributed by atoms with E-state index in [-0.39, 0.29) is 35.7 Å². The van der Waals surface area contributed by atoms with E-state index in [1.54, 1.807) is 13.0 Å². The molecule has 1 saturated heterocycles. The van der Waals surface area contributed by atoms with E-state index < -0.39 is 55.4 Å². The number of rotatable bonds is 9. The third-order valence-electron chi connectivity index (χ3n) is 6.05. The molecule has 1 heterocycles. The lowest BCUT2D eigenvalue weighted by Crippen LogP contribution is -2.59. The maximum Gasteiger partial charge on any atom is 0.336 e. The number of ether oxygens (including phenoxy) is 4. The highest BCUT2D eigenvalue weighted by Gasteiger charge is 2.44.